The van der Waals surface area contributed by atoms with Crippen LogP contribution >= 0.6 is 0 Å². The lowest BCUT2D eigenvalue weighted by Gasteiger charge is -2.15. The number of carbonyl (C=O) groups excluding carboxylic acids is 2. The lowest BCUT2D eigenvalue weighted by molar-refractivity contribution is -0.274. The van der Waals surface area contributed by atoms with Crippen LogP contribution in [-0.4, -0.2) is 31.5 Å². The molecule has 1 N–H and O–H groups in total. The number of halogens is 3. The van der Waals surface area contributed by atoms with Gasteiger partial charge in [0.1, 0.15) is 17.1 Å². The van der Waals surface area contributed by atoms with Crippen molar-refractivity contribution >= 4 is 17.6 Å². The first-order valence-corrected chi connectivity index (χ1v) is 8.11. The summed E-state index contributed by atoms with van der Waals surface area (Å²) in [6.07, 6.45) is -5.95. The van der Waals surface area contributed by atoms with Gasteiger partial charge in [0.15, 0.2) is 6.10 Å². The summed E-state index contributed by atoms with van der Waals surface area (Å²) in [7, 11) is 1.41. The number of esters is 1. The number of aryl methyl sites for hydroxylation is 1. The minimum absolute atomic E-state index is 0.177. The molecule has 28 heavy (non-hydrogen) atoms. The fourth-order valence-corrected chi connectivity index (χ4v) is 2.24. The topological polar surface area (TPSA) is 73.9 Å². The van der Waals surface area contributed by atoms with Crippen LogP contribution in [0.5, 0.6) is 11.5 Å². The van der Waals surface area contributed by atoms with E-state index >= 15 is 0 Å². The highest BCUT2D eigenvalue weighted by Crippen LogP contribution is 2.24. The van der Waals surface area contributed by atoms with Gasteiger partial charge in [-0.15, -0.1) is 13.2 Å². The van der Waals surface area contributed by atoms with Crippen molar-refractivity contribution in [2.45, 2.75) is 26.3 Å². The summed E-state index contributed by atoms with van der Waals surface area (Å²) >= 11 is 0. The zero-order valence-corrected chi connectivity index (χ0v) is 15.3. The van der Waals surface area contributed by atoms with E-state index in [-0.39, 0.29) is 11.3 Å². The second-order valence-electron chi connectivity index (χ2n) is 5.81. The zero-order chi connectivity index (χ0) is 20.9. The van der Waals surface area contributed by atoms with Crippen LogP contribution in [-0.2, 0) is 9.53 Å². The third-order valence-corrected chi connectivity index (χ3v) is 3.58. The second-order valence-corrected chi connectivity index (χ2v) is 5.81. The van der Waals surface area contributed by atoms with Crippen LogP contribution in [0, 0.1) is 6.92 Å². The van der Waals surface area contributed by atoms with E-state index in [0.717, 1.165) is 17.7 Å². The van der Waals surface area contributed by atoms with Crippen molar-refractivity contribution in [2.75, 3.05) is 12.4 Å². The maximum Gasteiger partial charge on any atom is 0.573 e. The van der Waals surface area contributed by atoms with Crippen molar-refractivity contribution in [3.63, 3.8) is 0 Å². The molecule has 2 rings (SSSR count). The molecule has 0 unspecified atom stereocenters. The molecule has 1 amide bonds. The number of ether oxygens (including phenoxy) is 3. The number of methoxy groups -OCH3 is 1. The van der Waals surface area contributed by atoms with Crippen molar-refractivity contribution in [1.29, 1.82) is 0 Å². The maximum absolute atomic E-state index is 12.3. The van der Waals surface area contributed by atoms with Crippen molar-refractivity contribution in [3.05, 3.63) is 53.6 Å². The lowest BCUT2D eigenvalue weighted by Crippen LogP contribution is -2.30. The van der Waals surface area contributed by atoms with E-state index in [4.69, 9.17) is 9.47 Å². The fourth-order valence-electron chi connectivity index (χ4n) is 2.24. The lowest BCUT2D eigenvalue weighted by atomic mass is 10.1. The number of alkyl halides is 3. The van der Waals surface area contributed by atoms with Gasteiger partial charge in [-0.25, -0.2) is 4.79 Å². The molecule has 9 heteroatoms. The fraction of sp³-hybridized carbons (Fsp3) is 0.263. The van der Waals surface area contributed by atoms with Crippen molar-refractivity contribution < 1.29 is 37.0 Å². The first-order valence-electron chi connectivity index (χ1n) is 8.11. The first kappa shape index (κ1) is 21.1. The van der Waals surface area contributed by atoms with Crippen LogP contribution in [0.25, 0.3) is 0 Å². The van der Waals surface area contributed by atoms with E-state index in [2.05, 4.69) is 10.1 Å². The minimum Gasteiger partial charge on any atom is -0.496 e. The summed E-state index contributed by atoms with van der Waals surface area (Å²) in [4.78, 5) is 24.5. The van der Waals surface area contributed by atoms with Gasteiger partial charge in [0.25, 0.3) is 5.91 Å². The normalized spacial score (nSPS) is 12.1. The van der Waals surface area contributed by atoms with Crippen molar-refractivity contribution in [3.8, 4) is 11.5 Å². The Hall–Kier alpha value is -3.23. The molecule has 2 aromatic carbocycles. The van der Waals surface area contributed by atoms with E-state index in [1.165, 1.54) is 26.2 Å². The monoisotopic (exact) mass is 397 g/mol. The SMILES string of the molecule is COc1ccc(C)cc1C(=O)O[C@H](C)C(=O)Nc1ccc(OC(F)(F)F)cc1. The molecule has 0 fully saturated rings. The van der Waals surface area contributed by atoms with Gasteiger partial charge in [-0.05, 0) is 50.2 Å². The van der Waals surface area contributed by atoms with Gasteiger partial charge in [-0.1, -0.05) is 11.6 Å². The Labute approximate surface area is 159 Å². The Morgan fingerprint density at radius 3 is 2.29 bits per heavy atom. The number of benzene rings is 2. The molecule has 6 nitrogen and oxygen atoms in total. The molecule has 2 aromatic rings. The number of hydrogen-bond acceptors (Lipinski definition) is 5. The molecule has 0 aliphatic rings. The van der Waals surface area contributed by atoms with Gasteiger partial charge >= 0.3 is 12.3 Å². The second kappa shape index (κ2) is 8.64. The highest BCUT2D eigenvalue weighted by molar-refractivity contribution is 5.98. The highest BCUT2D eigenvalue weighted by Gasteiger charge is 2.31. The zero-order valence-electron chi connectivity index (χ0n) is 15.3. The molecule has 0 aliphatic heterocycles. The summed E-state index contributed by atoms with van der Waals surface area (Å²) in [6, 6.07) is 9.52. The van der Waals surface area contributed by atoms with Gasteiger partial charge in [0, 0.05) is 5.69 Å². The van der Waals surface area contributed by atoms with Crippen LogP contribution in [0.3, 0.4) is 0 Å². The molecule has 0 spiro atoms. The summed E-state index contributed by atoms with van der Waals surface area (Å²) < 4.78 is 50.5. The number of rotatable bonds is 6. The molecule has 0 radical (unpaired) electrons. The van der Waals surface area contributed by atoms with E-state index in [9.17, 15) is 22.8 Å². The largest absolute Gasteiger partial charge is 0.573 e. The van der Waals surface area contributed by atoms with Gasteiger partial charge in [0.05, 0.1) is 7.11 Å². The Morgan fingerprint density at radius 1 is 1.07 bits per heavy atom. The number of hydrogen-bond donors (Lipinski definition) is 1. The van der Waals surface area contributed by atoms with E-state index < -0.39 is 30.1 Å². The molecular weight excluding hydrogens is 379 g/mol. The van der Waals surface area contributed by atoms with Gasteiger partial charge in [-0.2, -0.15) is 0 Å². The average Bonchev–Trinajstić information content (AvgIpc) is 2.62. The molecule has 0 aliphatic carbocycles. The molecule has 0 aromatic heterocycles. The van der Waals surface area contributed by atoms with Gasteiger partial charge < -0.3 is 19.5 Å². The Kier molecular flexibility index (Phi) is 6.50. The van der Waals surface area contributed by atoms with E-state index in [1.54, 1.807) is 25.1 Å². The van der Waals surface area contributed by atoms with Gasteiger partial charge in [0.2, 0.25) is 0 Å². The van der Waals surface area contributed by atoms with Crippen LogP contribution in [0.1, 0.15) is 22.8 Å². The molecule has 0 bridgehead atoms. The van der Waals surface area contributed by atoms with Crippen LogP contribution < -0.4 is 14.8 Å². The smallest absolute Gasteiger partial charge is 0.496 e. The minimum atomic E-state index is -4.80. The molecule has 150 valence electrons. The van der Waals surface area contributed by atoms with E-state index in [1.807, 2.05) is 0 Å². The summed E-state index contributed by atoms with van der Waals surface area (Å²) in [5.41, 5.74) is 1.21. The number of anilines is 1. The summed E-state index contributed by atoms with van der Waals surface area (Å²) in [5.74, 6) is -1.50. The molecule has 1 atom stereocenters. The molecular formula is C19H18F3NO5. The Morgan fingerprint density at radius 2 is 1.71 bits per heavy atom. The van der Waals surface area contributed by atoms with Crippen LogP contribution in [0.15, 0.2) is 42.5 Å². The Bertz CT molecular complexity index is 850. The number of nitrogens with one attached hydrogen (secondary N) is 1. The third-order valence-electron chi connectivity index (χ3n) is 3.58. The van der Waals surface area contributed by atoms with Crippen molar-refractivity contribution in [1.82, 2.24) is 0 Å². The number of amides is 1. The van der Waals surface area contributed by atoms with Gasteiger partial charge in [-0.3, -0.25) is 4.79 Å². The van der Waals surface area contributed by atoms with Crippen molar-refractivity contribution in [2.24, 2.45) is 0 Å². The summed E-state index contributed by atoms with van der Waals surface area (Å²) in [5, 5.41) is 2.44. The average molecular weight is 397 g/mol. The molecule has 0 saturated heterocycles. The summed E-state index contributed by atoms with van der Waals surface area (Å²) in [6.45, 7) is 3.16. The number of carbonyl (C=O) groups is 2. The maximum atomic E-state index is 12.3. The third kappa shape index (κ3) is 5.90. The molecule has 0 saturated carbocycles. The van der Waals surface area contributed by atoms with Crippen LogP contribution in [0.2, 0.25) is 0 Å². The highest BCUT2D eigenvalue weighted by atomic mass is 19.4. The predicted molar refractivity (Wildman–Crippen MR) is 94.4 cm³/mol. The first-order chi connectivity index (χ1) is 13.1. The van der Waals surface area contributed by atoms with Crippen LogP contribution in [0.4, 0.5) is 18.9 Å². The predicted octanol–water partition coefficient (Wildman–Crippen LogP) is 4.09. The standard InChI is InChI=1S/C19H18F3NO5/c1-11-4-9-16(26-3)15(10-11)18(25)27-12(2)17(24)23-13-5-7-14(8-6-13)28-19(20,21)22/h4-10,12H,1-3H3,(H,23,24)/t12-/m1/s1. The Balaban J connectivity index is 1.99. The quantitative estimate of drug-likeness (QED) is 0.744. The van der Waals surface area contributed by atoms with E-state index in [0.29, 0.717) is 5.75 Å². The molecule has 0 heterocycles.